The first-order valence-electron chi connectivity index (χ1n) is 8.97. The monoisotopic (exact) mass is 522 g/mol. The van der Waals surface area contributed by atoms with Crippen molar-refractivity contribution in [3.63, 3.8) is 0 Å². The van der Waals surface area contributed by atoms with E-state index in [2.05, 4.69) is 10.3 Å². The Labute approximate surface area is 200 Å². The van der Waals surface area contributed by atoms with Crippen LogP contribution < -0.4 is 5.32 Å². The average molecular weight is 522 g/mol. The van der Waals surface area contributed by atoms with E-state index in [1.165, 1.54) is 23.3 Å². The maximum atomic E-state index is 12.8. The molecule has 8 nitrogen and oxygen atoms in total. The fourth-order valence-corrected chi connectivity index (χ4v) is 3.94. The standard InChI is InChI=1S/C17H20F3N4O4S.Y/c1-23-13(12(28-16(23)27)7-17(18,19)20)14(25)22-11(6-10-8-29-9-21-10)15(26)24-4-2-3-5-24;/h4,8-9,11-13H,2-3,5-7H2,1H3,(H,22,25);/q-1;+3. The minimum absolute atomic E-state index is 0. The summed E-state index contributed by atoms with van der Waals surface area (Å²) < 4.78 is 43.2. The van der Waals surface area contributed by atoms with Crippen molar-refractivity contribution >= 4 is 29.2 Å². The van der Waals surface area contributed by atoms with Crippen LogP contribution in [0.1, 0.15) is 25.0 Å². The van der Waals surface area contributed by atoms with Crippen LogP contribution in [0.5, 0.6) is 0 Å². The van der Waals surface area contributed by atoms with Gasteiger partial charge in [0.2, 0.25) is 11.8 Å². The maximum Gasteiger partial charge on any atom is 3.00 e. The van der Waals surface area contributed by atoms with Crippen molar-refractivity contribution < 1.29 is 65.0 Å². The molecule has 0 bridgehead atoms. The summed E-state index contributed by atoms with van der Waals surface area (Å²) >= 11 is 1.32. The molecule has 1 aromatic rings. The van der Waals surface area contributed by atoms with Crippen molar-refractivity contribution in [1.29, 1.82) is 0 Å². The van der Waals surface area contributed by atoms with Crippen LogP contribution in [0.3, 0.4) is 0 Å². The largest absolute Gasteiger partial charge is 3.00 e. The van der Waals surface area contributed by atoms with Crippen LogP contribution in [0.15, 0.2) is 10.9 Å². The number of rotatable bonds is 6. The number of amides is 3. The topological polar surface area (TPSA) is 91.8 Å². The Bertz CT molecular complexity index is 759. The Morgan fingerprint density at radius 1 is 1.47 bits per heavy atom. The first kappa shape index (κ1) is 25.0. The van der Waals surface area contributed by atoms with E-state index in [0.717, 1.165) is 17.7 Å². The Morgan fingerprint density at radius 2 is 2.20 bits per heavy atom. The van der Waals surface area contributed by atoms with Gasteiger partial charge in [0.15, 0.2) is 6.04 Å². The molecule has 3 rings (SSSR count). The number of hydrogen-bond donors (Lipinski definition) is 1. The number of nitrogens with one attached hydrogen (secondary N) is 1. The van der Waals surface area contributed by atoms with Gasteiger partial charge >= 0.3 is 45.0 Å². The molecule has 0 radical (unpaired) electrons. The maximum absolute atomic E-state index is 12.8. The van der Waals surface area contributed by atoms with Crippen LogP contribution in [0.25, 0.3) is 0 Å². The summed E-state index contributed by atoms with van der Waals surface area (Å²) in [5, 5.41) is 4.24. The van der Waals surface area contributed by atoms with Crippen LogP contribution in [0, 0.1) is 6.54 Å². The van der Waals surface area contributed by atoms with E-state index in [-0.39, 0.29) is 45.0 Å². The minimum atomic E-state index is -4.62. The normalized spacial score (nSPS) is 22.5. The molecular formula is C17H20F3N4O4SY+2. The zero-order valence-corrected chi connectivity index (χ0v) is 19.7. The van der Waals surface area contributed by atoms with E-state index >= 15 is 0 Å². The van der Waals surface area contributed by atoms with Crippen LogP contribution in [0.2, 0.25) is 0 Å². The summed E-state index contributed by atoms with van der Waals surface area (Å²) in [6, 6.07) is -2.51. The number of carbonyl (C=O) groups is 3. The number of likely N-dealkylation sites (N-methyl/N-ethyl adjacent to an activating group) is 1. The van der Waals surface area contributed by atoms with Crippen LogP contribution in [0.4, 0.5) is 18.0 Å². The van der Waals surface area contributed by atoms with Crippen molar-refractivity contribution in [3.8, 4) is 0 Å². The first-order valence-corrected chi connectivity index (χ1v) is 9.91. The second-order valence-corrected chi connectivity index (χ2v) is 7.62. The van der Waals surface area contributed by atoms with Gasteiger partial charge in [-0.05, 0) is 6.54 Å². The number of alkyl halides is 3. The van der Waals surface area contributed by atoms with Gasteiger partial charge in [0.05, 0.1) is 17.6 Å². The van der Waals surface area contributed by atoms with Gasteiger partial charge in [0, 0.05) is 18.8 Å². The molecular weight excluding hydrogens is 502 g/mol. The fourth-order valence-electron chi connectivity index (χ4n) is 3.37. The molecule has 13 heteroatoms. The van der Waals surface area contributed by atoms with Crippen molar-refractivity contribution in [3.05, 3.63) is 23.1 Å². The van der Waals surface area contributed by atoms with Crippen LogP contribution in [-0.2, 0) is 53.5 Å². The van der Waals surface area contributed by atoms with Crippen LogP contribution in [-0.4, -0.2) is 70.6 Å². The van der Waals surface area contributed by atoms with E-state index in [0.29, 0.717) is 12.2 Å². The molecule has 0 aromatic carbocycles. The molecule has 30 heavy (non-hydrogen) atoms. The molecule has 1 aromatic heterocycles. The molecule has 160 valence electrons. The molecule has 2 fully saturated rings. The Morgan fingerprint density at radius 3 is 2.77 bits per heavy atom. The van der Waals surface area contributed by atoms with Gasteiger partial charge < -0.3 is 15.0 Å². The molecule has 0 aliphatic carbocycles. The van der Waals surface area contributed by atoms with Crippen molar-refractivity contribution in [2.45, 2.75) is 50.0 Å². The third-order valence-corrected chi connectivity index (χ3v) is 5.39. The molecule has 0 saturated carbocycles. The molecule has 1 N–H and O–H groups in total. The van der Waals surface area contributed by atoms with Crippen molar-refractivity contribution in [1.82, 2.24) is 20.1 Å². The van der Waals surface area contributed by atoms with E-state index in [1.54, 1.807) is 17.4 Å². The van der Waals surface area contributed by atoms with Gasteiger partial charge in [0.25, 0.3) is 0 Å². The summed E-state index contributed by atoms with van der Waals surface area (Å²) in [6.45, 7) is 2.23. The summed E-state index contributed by atoms with van der Waals surface area (Å²) in [5.74, 6) is -1.25. The van der Waals surface area contributed by atoms with Gasteiger partial charge in [-0.15, -0.1) is 11.3 Å². The first-order chi connectivity index (χ1) is 13.7. The Kier molecular flexibility index (Phi) is 8.64. The predicted molar refractivity (Wildman–Crippen MR) is 95.5 cm³/mol. The molecule has 2 saturated heterocycles. The van der Waals surface area contributed by atoms with Crippen molar-refractivity contribution in [2.75, 3.05) is 13.6 Å². The zero-order valence-electron chi connectivity index (χ0n) is 16.1. The van der Waals surface area contributed by atoms with E-state index in [9.17, 15) is 27.6 Å². The number of aromatic nitrogens is 1. The number of thiazole rings is 1. The number of halogens is 3. The third-order valence-electron chi connectivity index (χ3n) is 4.76. The SMILES string of the molecule is CN1C(=O)OC(CC(F)(F)F)C1C(=O)NC(Cc1cscn1)C(=O)N1[CH-]CCC1.[Y+3]. The second-order valence-electron chi connectivity index (χ2n) is 6.90. The van der Waals surface area contributed by atoms with Crippen LogP contribution >= 0.6 is 11.3 Å². The van der Waals surface area contributed by atoms with Gasteiger partial charge in [0.1, 0.15) is 12.1 Å². The quantitative estimate of drug-likeness (QED) is 0.575. The predicted octanol–water partition coefficient (Wildman–Crippen LogP) is 1.72. The molecule has 3 atom stereocenters. The van der Waals surface area contributed by atoms with Gasteiger partial charge in [-0.3, -0.25) is 14.5 Å². The van der Waals surface area contributed by atoms with E-state index < -0.39 is 42.8 Å². The number of carbonyl (C=O) groups excluding carboxylic acids is 3. The third kappa shape index (κ3) is 6.13. The second kappa shape index (κ2) is 10.4. The van der Waals surface area contributed by atoms with Gasteiger partial charge in [-0.2, -0.15) is 19.6 Å². The number of cyclic esters (lactones) is 1. The Balaban J connectivity index is 0.00000320. The molecule has 2 aliphatic heterocycles. The molecule has 3 heterocycles. The van der Waals surface area contributed by atoms with E-state index in [1.807, 2.05) is 0 Å². The summed E-state index contributed by atoms with van der Waals surface area (Å²) in [6.07, 6.45) is -7.15. The molecule has 0 spiro atoms. The summed E-state index contributed by atoms with van der Waals surface area (Å²) in [7, 11) is 1.19. The minimum Gasteiger partial charge on any atom is -0.491 e. The molecule has 3 amide bonds. The summed E-state index contributed by atoms with van der Waals surface area (Å²) in [5.41, 5.74) is 2.16. The number of ether oxygens (including phenoxy) is 1. The number of likely N-dealkylation sites (tertiary alicyclic amines) is 1. The number of nitrogens with zero attached hydrogens (tertiary/aromatic N) is 3. The average Bonchev–Trinajstić information content (AvgIpc) is 3.36. The molecule has 2 aliphatic rings. The number of hydrogen-bond acceptors (Lipinski definition) is 6. The smallest absolute Gasteiger partial charge is 0.491 e. The van der Waals surface area contributed by atoms with Gasteiger partial charge in [-0.1, -0.05) is 6.42 Å². The zero-order chi connectivity index (χ0) is 21.2. The summed E-state index contributed by atoms with van der Waals surface area (Å²) in [4.78, 5) is 43.8. The fraction of sp³-hybridized carbons (Fsp3) is 0.588. The van der Waals surface area contributed by atoms with Crippen molar-refractivity contribution in [2.24, 2.45) is 0 Å². The van der Waals surface area contributed by atoms with E-state index in [4.69, 9.17) is 4.74 Å². The molecule has 3 unspecified atom stereocenters. The Hall–Kier alpha value is -1.27. The van der Waals surface area contributed by atoms with Gasteiger partial charge in [-0.25, -0.2) is 16.3 Å².